The molecule has 0 aromatic carbocycles. The van der Waals surface area contributed by atoms with Gasteiger partial charge in [-0.3, -0.25) is 5.41 Å². The molecule has 1 atom stereocenters. The van der Waals surface area contributed by atoms with Crippen molar-refractivity contribution in [2.24, 2.45) is 5.92 Å². The molecular weight excluding hydrogens is 208 g/mol. The normalized spacial score (nSPS) is 27.8. The molecule has 1 N–H and O–H groups in total. The standard InChI is InChI=1S/C15H28N2/c1-2-14-11-7-4-8-12-17(14)15(16)13-9-5-3-6-10-13/h13-14,16H,2-12H2,1H3. The molecule has 0 radical (unpaired) electrons. The molecule has 17 heavy (non-hydrogen) atoms. The maximum atomic E-state index is 8.53. The van der Waals surface area contributed by atoms with E-state index in [0.717, 1.165) is 12.4 Å². The van der Waals surface area contributed by atoms with Crippen LogP contribution in [0, 0.1) is 11.3 Å². The number of nitrogens with one attached hydrogen (secondary N) is 1. The Bertz CT molecular complexity index is 243. The van der Waals surface area contributed by atoms with Crippen molar-refractivity contribution >= 4 is 5.84 Å². The largest absolute Gasteiger partial charge is 0.357 e. The molecule has 2 nitrogen and oxygen atoms in total. The number of rotatable bonds is 2. The van der Waals surface area contributed by atoms with E-state index in [4.69, 9.17) is 5.41 Å². The van der Waals surface area contributed by atoms with Crippen LogP contribution in [0.5, 0.6) is 0 Å². The fourth-order valence-corrected chi connectivity index (χ4v) is 3.53. The van der Waals surface area contributed by atoms with Gasteiger partial charge < -0.3 is 4.90 Å². The van der Waals surface area contributed by atoms with Gasteiger partial charge in [-0.15, -0.1) is 0 Å². The monoisotopic (exact) mass is 236 g/mol. The van der Waals surface area contributed by atoms with Crippen molar-refractivity contribution in [1.29, 1.82) is 5.41 Å². The molecule has 0 spiro atoms. The third-order valence-electron chi connectivity index (χ3n) is 4.65. The van der Waals surface area contributed by atoms with Gasteiger partial charge in [0.25, 0.3) is 0 Å². The minimum Gasteiger partial charge on any atom is -0.357 e. The molecule has 1 saturated carbocycles. The van der Waals surface area contributed by atoms with Crippen LogP contribution in [0.2, 0.25) is 0 Å². The Morgan fingerprint density at radius 3 is 2.35 bits per heavy atom. The summed E-state index contributed by atoms with van der Waals surface area (Å²) in [7, 11) is 0. The number of hydrogen-bond donors (Lipinski definition) is 1. The van der Waals surface area contributed by atoms with Gasteiger partial charge in [0.1, 0.15) is 0 Å². The van der Waals surface area contributed by atoms with Crippen molar-refractivity contribution in [3.8, 4) is 0 Å². The van der Waals surface area contributed by atoms with Crippen LogP contribution in [0.25, 0.3) is 0 Å². The Kier molecular flexibility index (Phi) is 4.87. The fraction of sp³-hybridized carbons (Fsp3) is 0.933. The molecule has 98 valence electrons. The van der Waals surface area contributed by atoms with Crippen LogP contribution in [0.1, 0.15) is 71.1 Å². The molecule has 0 aromatic heterocycles. The highest BCUT2D eigenvalue weighted by Gasteiger charge is 2.27. The van der Waals surface area contributed by atoms with Crippen molar-refractivity contribution in [2.75, 3.05) is 6.54 Å². The smallest absolute Gasteiger partial charge is 0.0991 e. The lowest BCUT2D eigenvalue weighted by molar-refractivity contribution is 0.277. The minimum atomic E-state index is 0.580. The topological polar surface area (TPSA) is 27.1 Å². The van der Waals surface area contributed by atoms with Gasteiger partial charge in [0.2, 0.25) is 0 Å². The lowest BCUT2D eigenvalue weighted by atomic mass is 9.87. The molecule has 2 rings (SSSR count). The van der Waals surface area contributed by atoms with Crippen LogP contribution in [0.3, 0.4) is 0 Å². The number of likely N-dealkylation sites (tertiary alicyclic amines) is 1. The predicted molar refractivity (Wildman–Crippen MR) is 73.6 cm³/mol. The SMILES string of the molecule is CCC1CCCCCN1C(=N)C1CCCCC1. The molecule has 1 unspecified atom stereocenters. The van der Waals surface area contributed by atoms with E-state index in [0.29, 0.717) is 12.0 Å². The molecule has 2 fully saturated rings. The number of nitrogens with zero attached hydrogens (tertiary/aromatic N) is 1. The van der Waals surface area contributed by atoms with Gasteiger partial charge in [-0.05, 0) is 32.1 Å². The number of hydrogen-bond acceptors (Lipinski definition) is 1. The van der Waals surface area contributed by atoms with Crippen molar-refractivity contribution in [3.63, 3.8) is 0 Å². The zero-order valence-corrected chi connectivity index (χ0v) is 11.4. The van der Waals surface area contributed by atoms with E-state index in [1.807, 2.05) is 0 Å². The van der Waals surface area contributed by atoms with Gasteiger partial charge >= 0.3 is 0 Å². The van der Waals surface area contributed by atoms with E-state index in [-0.39, 0.29) is 0 Å². The van der Waals surface area contributed by atoms with Gasteiger partial charge in [-0.1, -0.05) is 39.0 Å². The second-order valence-corrected chi connectivity index (χ2v) is 5.82. The first-order valence-electron chi connectivity index (χ1n) is 7.68. The summed E-state index contributed by atoms with van der Waals surface area (Å²) in [5, 5.41) is 8.53. The maximum absolute atomic E-state index is 8.53. The van der Waals surface area contributed by atoms with Crippen molar-refractivity contribution in [1.82, 2.24) is 4.90 Å². The first-order chi connectivity index (χ1) is 8.33. The Morgan fingerprint density at radius 1 is 1.00 bits per heavy atom. The summed E-state index contributed by atoms with van der Waals surface area (Å²) in [6.07, 6.45) is 13.2. The Balaban J connectivity index is 1.98. The molecule has 2 heteroatoms. The molecule has 2 aliphatic rings. The third-order valence-corrected chi connectivity index (χ3v) is 4.65. The maximum Gasteiger partial charge on any atom is 0.0991 e. The fourth-order valence-electron chi connectivity index (χ4n) is 3.53. The highest BCUT2D eigenvalue weighted by molar-refractivity contribution is 5.82. The highest BCUT2D eigenvalue weighted by Crippen LogP contribution is 2.28. The molecule has 1 saturated heterocycles. The van der Waals surface area contributed by atoms with Crippen LogP contribution in [-0.2, 0) is 0 Å². The first-order valence-corrected chi connectivity index (χ1v) is 7.68. The van der Waals surface area contributed by atoms with Crippen LogP contribution in [-0.4, -0.2) is 23.3 Å². The van der Waals surface area contributed by atoms with Crippen LogP contribution < -0.4 is 0 Å². The molecular formula is C15H28N2. The minimum absolute atomic E-state index is 0.580. The average molecular weight is 236 g/mol. The molecule has 1 heterocycles. The van der Waals surface area contributed by atoms with E-state index in [9.17, 15) is 0 Å². The van der Waals surface area contributed by atoms with Crippen molar-refractivity contribution in [3.05, 3.63) is 0 Å². The Hall–Kier alpha value is -0.530. The Morgan fingerprint density at radius 2 is 1.65 bits per heavy atom. The summed E-state index contributed by atoms with van der Waals surface area (Å²) < 4.78 is 0. The zero-order valence-electron chi connectivity index (χ0n) is 11.4. The lowest BCUT2D eigenvalue weighted by Crippen LogP contribution is -2.43. The van der Waals surface area contributed by atoms with E-state index in [1.54, 1.807) is 0 Å². The van der Waals surface area contributed by atoms with E-state index in [2.05, 4.69) is 11.8 Å². The zero-order chi connectivity index (χ0) is 12.1. The second-order valence-electron chi connectivity index (χ2n) is 5.82. The van der Waals surface area contributed by atoms with Crippen LogP contribution in [0.4, 0.5) is 0 Å². The van der Waals surface area contributed by atoms with E-state index in [1.165, 1.54) is 64.2 Å². The summed E-state index contributed by atoms with van der Waals surface area (Å²) in [5.41, 5.74) is 0. The van der Waals surface area contributed by atoms with Gasteiger partial charge in [0.15, 0.2) is 0 Å². The first kappa shape index (κ1) is 12.9. The predicted octanol–water partition coefficient (Wildman–Crippen LogP) is 4.20. The van der Waals surface area contributed by atoms with Gasteiger partial charge in [0.05, 0.1) is 5.84 Å². The summed E-state index contributed by atoms with van der Waals surface area (Å²) in [4.78, 5) is 2.46. The molecule has 1 aliphatic heterocycles. The van der Waals surface area contributed by atoms with Crippen LogP contribution >= 0.6 is 0 Å². The highest BCUT2D eigenvalue weighted by atomic mass is 15.2. The summed E-state index contributed by atoms with van der Waals surface area (Å²) >= 11 is 0. The third kappa shape index (κ3) is 3.23. The molecule has 1 aliphatic carbocycles. The lowest BCUT2D eigenvalue weighted by Gasteiger charge is -2.36. The van der Waals surface area contributed by atoms with Crippen molar-refractivity contribution < 1.29 is 0 Å². The van der Waals surface area contributed by atoms with E-state index >= 15 is 0 Å². The molecule has 0 bridgehead atoms. The quantitative estimate of drug-likeness (QED) is 0.564. The van der Waals surface area contributed by atoms with Gasteiger partial charge in [0, 0.05) is 18.5 Å². The van der Waals surface area contributed by atoms with Gasteiger partial charge in [-0.25, -0.2) is 0 Å². The summed E-state index contributed by atoms with van der Waals surface area (Å²) in [5.74, 6) is 1.56. The summed E-state index contributed by atoms with van der Waals surface area (Å²) in [6, 6.07) is 0.659. The second kappa shape index (κ2) is 6.42. The van der Waals surface area contributed by atoms with Gasteiger partial charge in [-0.2, -0.15) is 0 Å². The van der Waals surface area contributed by atoms with Crippen molar-refractivity contribution in [2.45, 2.75) is 77.2 Å². The van der Waals surface area contributed by atoms with E-state index < -0.39 is 0 Å². The number of amidine groups is 1. The summed E-state index contributed by atoms with van der Waals surface area (Å²) in [6.45, 7) is 3.44. The average Bonchev–Trinajstić information content (AvgIpc) is 2.64. The molecule has 0 aromatic rings. The molecule has 0 amide bonds. The van der Waals surface area contributed by atoms with Crippen LogP contribution in [0.15, 0.2) is 0 Å². The Labute approximate surface area is 106 Å².